The lowest BCUT2D eigenvalue weighted by Crippen LogP contribution is -2.61. The number of aliphatic carboxylic acids is 2. The minimum absolute atomic E-state index is 0.0956. The lowest BCUT2D eigenvalue weighted by Gasteiger charge is -2.34. The van der Waals surface area contributed by atoms with Gasteiger partial charge in [-0.25, -0.2) is 14.6 Å². The van der Waals surface area contributed by atoms with Crippen molar-refractivity contribution in [3.05, 3.63) is 35.4 Å². The average molecular weight is 506 g/mol. The van der Waals surface area contributed by atoms with E-state index in [4.69, 9.17) is 5.73 Å². The van der Waals surface area contributed by atoms with Crippen molar-refractivity contribution in [2.24, 2.45) is 11.7 Å². The Balaban J connectivity index is 2.41. The Morgan fingerprint density at radius 1 is 1.08 bits per heavy atom. The monoisotopic (exact) mass is 505 g/mol. The van der Waals surface area contributed by atoms with Gasteiger partial charge in [0.1, 0.15) is 18.1 Å². The summed E-state index contributed by atoms with van der Waals surface area (Å²) in [6.07, 6.45) is -0.875. The molecule has 1 unspecified atom stereocenters. The van der Waals surface area contributed by atoms with E-state index < -0.39 is 66.2 Å². The quantitative estimate of drug-likeness (QED) is 0.295. The van der Waals surface area contributed by atoms with Gasteiger partial charge >= 0.3 is 18.0 Å². The largest absolute Gasteiger partial charge is 0.481 e. The van der Waals surface area contributed by atoms with Crippen LogP contribution in [0.25, 0.3) is 0 Å². The van der Waals surface area contributed by atoms with Crippen LogP contribution in [0.15, 0.2) is 24.3 Å². The van der Waals surface area contributed by atoms with E-state index in [1.807, 2.05) is 0 Å². The van der Waals surface area contributed by atoms with E-state index in [9.17, 15) is 39.0 Å². The molecular formula is C23H31N5O8. The van der Waals surface area contributed by atoms with Crippen LogP contribution in [-0.2, 0) is 36.9 Å². The number of nitrogens with zero attached hydrogens (tertiary/aromatic N) is 3. The number of hydrogen-bond acceptors (Lipinski definition) is 7. The van der Waals surface area contributed by atoms with Gasteiger partial charge in [-0.1, -0.05) is 38.1 Å². The normalized spacial score (nSPS) is 17.2. The molecule has 13 heteroatoms. The first-order valence-electron chi connectivity index (χ1n) is 11.2. The third-order valence-corrected chi connectivity index (χ3v) is 5.87. The molecule has 1 aromatic rings. The number of imide groups is 1. The number of benzene rings is 1. The van der Waals surface area contributed by atoms with Crippen molar-refractivity contribution in [1.82, 2.24) is 20.2 Å². The van der Waals surface area contributed by atoms with E-state index in [1.54, 1.807) is 24.3 Å². The van der Waals surface area contributed by atoms with Crippen molar-refractivity contribution >= 4 is 35.7 Å². The van der Waals surface area contributed by atoms with E-state index in [2.05, 4.69) is 5.32 Å². The second kappa shape index (κ2) is 11.6. The van der Waals surface area contributed by atoms with Crippen LogP contribution in [0.2, 0.25) is 0 Å². The Labute approximate surface area is 207 Å². The second-order valence-corrected chi connectivity index (χ2v) is 8.83. The smallest absolute Gasteiger partial charge is 0.346 e. The Hall–Kier alpha value is -4.00. The summed E-state index contributed by atoms with van der Waals surface area (Å²) in [7, 11) is 1.35. The number of rotatable bonds is 11. The number of nitrogens with one attached hydrogen (secondary N) is 1. The van der Waals surface area contributed by atoms with Gasteiger partial charge in [-0.2, -0.15) is 5.01 Å². The Morgan fingerprint density at radius 3 is 2.08 bits per heavy atom. The number of carboxylic acid groups (broad SMARTS) is 2. The van der Waals surface area contributed by atoms with E-state index in [0.717, 1.165) is 17.4 Å². The zero-order chi connectivity index (χ0) is 27.3. The molecule has 5 amide bonds. The van der Waals surface area contributed by atoms with Crippen LogP contribution in [0.4, 0.5) is 4.79 Å². The van der Waals surface area contributed by atoms with E-state index >= 15 is 0 Å². The molecule has 1 saturated heterocycles. The van der Waals surface area contributed by atoms with E-state index in [0.29, 0.717) is 22.1 Å². The molecule has 3 atom stereocenters. The third-order valence-electron chi connectivity index (χ3n) is 5.87. The van der Waals surface area contributed by atoms with Gasteiger partial charge in [0.15, 0.2) is 0 Å². The first-order chi connectivity index (χ1) is 16.8. The first kappa shape index (κ1) is 28.2. The molecule has 1 heterocycles. The van der Waals surface area contributed by atoms with Gasteiger partial charge in [-0.05, 0) is 17.0 Å². The number of amides is 5. The molecule has 0 saturated carbocycles. The summed E-state index contributed by atoms with van der Waals surface area (Å²) in [4.78, 5) is 76.2. The maximum absolute atomic E-state index is 13.3. The average Bonchev–Trinajstić information content (AvgIpc) is 3.00. The topological polar surface area (TPSA) is 191 Å². The molecule has 13 nitrogen and oxygen atoms in total. The number of carboxylic acids is 2. The number of carbonyl (C=O) groups excluding carboxylic acids is 4. The third kappa shape index (κ3) is 6.16. The zero-order valence-corrected chi connectivity index (χ0v) is 20.5. The number of likely N-dealkylation sites (N-methyl/N-ethyl adjacent to an activating group) is 1. The molecule has 0 aliphatic carbocycles. The number of hydrazine groups is 1. The van der Waals surface area contributed by atoms with E-state index in [1.165, 1.54) is 20.9 Å². The molecule has 196 valence electrons. The summed E-state index contributed by atoms with van der Waals surface area (Å²) >= 11 is 0. The van der Waals surface area contributed by atoms with Crippen molar-refractivity contribution in [3.63, 3.8) is 0 Å². The number of nitrogens with two attached hydrogens (primary N) is 1. The second-order valence-electron chi connectivity index (χ2n) is 8.83. The Kier molecular flexibility index (Phi) is 9.11. The van der Waals surface area contributed by atoms with Crippen LogP contribution in [0.5, 0.6) is 0 Å². The van der Waals surface area contributed by atoms with Gasteiger partial charge in [0.05, 0.1) is 6.42 Å². The standard InChI is InChI=1S/C23H31N5O8/c1-12(2)19(22(34)35)25-20(32)16(10-18(30)31)27(13(3)29)28-21(33)17(26(4)23(28)36)9-14-5-7-15(11-24)8-6-14/h5-8,12,16-17,19H,9-11,24H2,1-4H3,(H,25,32)(H,30,31)(H,34,35)/t16-,17?,19-/m0/s1. The number of urea groups is 1. The van der Waals surface area contributed by atoms with Crippen molar-refractivity contribution in [2.75, 3.05) is 7.05 Å². The molecule has 1 fully saturated rings. The minimum atomic E-state index is -1.86. The highest BCUT2D eigenvalue weighted by atomic mass is 16.4. The van der Waals surface area contributed by atoms with Crippen LogP contribution >= 0.6 is 0 Å². The SMILES string of the molecule is CC(=O)N([C@@H](CC(=O)O)C(=O)N[C@H](C(=O)O)C(C)C)N1C(=O)C(Cc2ccc(CN)cc2)N(C)C1=O. The number of carbonyl (C=O) groups is 6. The van der Waals surface area contributed by atoms with Gasteiger partial charge in [0.2, 0.25) is 11.8 Å². The summed E-state index contributed by atoms with van der Waals surface area (Å²) in [5, 5.41) is 21.9. The highest BCUT2D eigenvalue weighted by Gasteiger charge is 2.50. The molecule has 1 aliphatic rings. The predicted octanol–water partition coefficient (Wildman–Crippen LogP) is -0.217. The molecule has 5 N–H and O–H groups in total. The number of hydrogen-bond donors (Lipinski definition) is 4. The zero-order valence-electron chi connectivity index (χ0n) is 20.5. The van der Waals surface area contributed by atoms with Gasteiger partial charge in [-0.3, -0.25) is 19.2 Å². The molecule has 36 heavy (non-hydrogen) atoms. The maximum Gasteiger partial charge on any atom is 0.346 e. The molecule has 0 aromatic heterocycles. The van der Waals surface area contributed by atoms with Gasteiger partial charge < -0.3 is 26.2 Å². The fraction of sp³-hybridized carbons (Fsp3) is 0.478. The van der Waals surface area contributed by atoms with Crippen LogP contribution < -0.4 is 11.1 Å². The highest BCUT2D eigenvalue weighted by Crippen LogP contribution is 2.24. The summed E-state index contributed by atoms with van der Waals surface area (Å²) in [5.74, 6) is -6.34. The van der Waals surface area contributed by atoms with Gasteiger partial charge in [0.25, 0.3) is 5.91 Å². The van der Waals surface area contributed by atoms with Gasteiger partial charge in [-0.15, -0.1) is 0 Å². The fourth-order valence-corrected chi connectivity index (χ4v) is 3.86. The van der Waals surface area contributed by atoms with Crippen LogP contribution in [0, 0.1) is 5.92 Å². The Bertz CT molecular complexity index is 1040. The molecule has 0 spiro atoms. The molecule has 1 aliphatic heterocycles. The molecule has 0 bridgehead atoms. The van der Waals surface area contributed by atoms with Crippen LogP contribution in [0.1, 0.15) is 38.3 Å². The lowest BCUT2D eigenvalue weighted by molar-refractivity contribution is -0.165. The van der Waals surface area contributed by atoms with Gasteiger partial charge in [0, 0.05) is 26.9 Å². The summed E-state index contributed by atoms with van der Waals surface area (Å²) < 4.78 is 0. The first-order valence-corrected chi connectivity index (χ1v) is 11.2. The summed E-state index contributed by atoms with van der Waals surface area (Å²) in [6, 6.07) is 1.84. The molecule has 0 radical (unpaired) electrons. The summed E-state index contributed by atoms with van der Waals surface area (Å²) in [5.41, 5.74) is 7.18. The summed E-state index contributed by atoms with van der Waals surface area (Å²) in [6.45, 7) is 4.36. The van der Waals surface area contributed by atoms with Crippen LogP contribution in [0.3, 0.4) is 0 Å². The Morgan fingerprint density at radius 2 is 1.64 bits per heavy atom. The van der Waals surface area contributed by atoms with E-state index in [-0.39, 0.29) is 6.42 Å². The molecule has 1 aromatic carbocycles. The molecule has 2 rings (SSSR count). The fourth-order valence-electron chi connectivity index (χ4n) is 3.86. The van der Waals surface area contributed by atoms with Crippen LogP contribution in [-0.4, -0.2) is 86.0 Å². The highest BCUT2D eigenvalue weighted by molar-refractivity contribution is 6.06. The predicted molar refractivity (Wildman–Crippen MR) is 125 cm³/mol. The van der Waals surface area contributed by atoms with Crippen molar-refractivity contribution in [3.8, 4) is 0 Å². The maximum atomic E-state index is 13.3. The lowest BCUT2D eigenvalue weighted by atomic mass is 10.0. The minimum Gasteiger partial charge on any atom is -0.481 e. The molecular weight excluding hydrogens is 474 g/mol. The van der Waals surface area contributed by atoms with Crippen molar-refractivity contribution in [1.29, 1.82) is 0 Å². The van der Waals surface area contributed by atoms with Crippen molar-refractivity contribution < 1.29 is 39.0 Å². The van der Waals surface area contributed by atoms with Crippen molar-refractivity contribution in [2.45, 2.75) is 58.3 Å².